The lowest BCUT2D eigenvalue weighted by atomic mass is 9.94. The fraction of sp³-hybridized carbons (Fsp3) is 0.714. The molecule has 0 fully saturated rings. The summed E-state index contributed by atoms with van der Waals surface area (Å²) >= 11 is 0. The van der Waals surface area contributed by atoms with E-state index in [0.29, 0.717) is 6.04 Å². The van der Waals surface area contributed by atoms with Crippen LogP contribution in [0.2, 0.25) is 0 Å². The maximum Gasteiger partial charge on any atom is 0.0239 e. The Morgan fingerprint density at radius 1 is 0.909 bits per heavy atom. The van der Waals surface area contributed by atoms with Crippen molar-refractivity contribution >= 4 is 0 Å². The van der Waals surface area contributed by atoms with E-state index < -0.39 is 0 Å². The molecule has 124 valence electrons. The quantitative estimate of drug-likeness (QED) is 0.702. The van der Waals surface area contributed by atoms with Gasteiger partial charge in [-0.1, -0.05) is 51.3 Å². The lowest BCUT2D eigenvalue weighted by Crippen LogP contribution is -2.31. The highest BCUT2D eigenvalue weighted by Gasteiger charge is 2.14. The van der Waals surface area contributed by atoms with Gasteiger partial charge in [-0.05, 0) is 68.7 Å². The van der Waals surface area contributed by atoms with E-state index in [2.05, 4.69) is 50.8 Å². The summed E-state index contributed by atoms with van der Waals surface area (Å²) in [5, 5.41) is 0. The lowest BCUT2D eigenvalue weighted by Gasteiger charge is -2.27. The molecule has 0 saturated heterocycles. The average Bonchev–Trinajstić information content (AvgIpc) is 2.49. The highest BCUT2D eigenvalue weighted by molar-refractivity contribution is 5.32. The summed E-state index contributed by atoms with van der Waals surface area (Å²) in [6.07, 6.45) is 9.41. The Hall–Kier alpha value is -0.820. The minimum atomic E-state index is 0.643. The zero-order valence-corrected chi connectivity index (χ0v) is 15.2. The van der Waals surface area contributed by atoms with Crippen molar-refractivity contribution in [1.29, 1.82) is 0 Å². The van der Waals surface area contributed by atoms with E-state index in [0.717, 1.165) is 12.5 Å². The van der Waals surface area contributed by atoms with Crippen LogP contribution in [0.1, 0.15) is 76.5 Å². The van der Waals surface area contributed by atoms with Gasteiger partial charge in [-0.15, -0.1) is 0 Å². The Bertz CT molecular complexity index is 447. The van der Waals surface area contributed by atoms with Crippen LogP contribution in [0.3, 0.4) is 0 Å². The van der Waals surface area contributed by atoms with Crippen LogP contribution in [-0.2, 0) is 19.4 Å². The minimum Gasteiger partial charge on any atom is -0.297 e. The fourth-order valence-corrected chi connectivity index (χ4v) is 3.56. The first-order valence-electron chi connectivity index (χ1n) is 9.41. The molecule has 1 aromatic rings. The largest absolute Gasteiger partial charge is 0.297 e. The summed E-state index contributed by atoms with van der Waals surface area (Å²) in [5.41, 5.74) is 4.72. The zero-order valence-electron chi connectivity index (χ0n) is 15.2. The van der Waals surface area contributed by atoms with Crippen LogP contribution in [0.25, 0.3) is 0 Å². The van der Waals surface area contributed by atoms with Crippen molar-refractivity contribution in [2.45, 2.75) is 85.2 Å². The number of benzene rings is 1. The molecule has 0 unspecified atom stereocenters. The Morgan fingerprint density at radius 3 is 2.36 bits per heavy atom. The van der Waals surface area contributed by atoms with E-state index in [1.807, 2.05) is 0 Å². The molecule has 2 rings (SSSR count). The summed E-state index contributed by atoms with van der Waals surface area (Å²) in [7, 11) is 0. The van der Waals surface area contributed by atoms with Gasteiger partial charge >= 0.3 is 0 Å². The van der Waals surface area contributed by atoms with Crippen LogP contribution >= 0.6 is 0 Å². The highest BCUT2D eigenvalue weighted by Crippen LogP contribution is 2.22. The minimum absolute atomic E-state index is 0.643. The van der Waals surface area contributed by atoms with E-state index in [1.54, 1.807) is 11.1 Å². The van der Waals surface area contributed by atoms with Crippen molar-refractivity contribution in [2.24, 2.45) is 5.92 Å². The molecule has 0 saturated carbocycles. The molecular formula is C21H35N. The van der Waals surface area contributed by atoms with E-state index >= 15 is 0 Å². The second-order valence-corrected chi connectivity index (χ2v) is 7.78. The van der Waals surface area contributed by atoms with Crippen LogP contribution < -0.4 is 0 Å². The molecule has 0 aliphatic carbocycles. The molecule has 1 aliphatic heterocycles. The third-order valence-corrected chi connectivity index (χ3v) is 4.91. The maximum absolute atomic E-state index is 2.66. The van der Waals surface area contributed by atoms with Gasteiger partial charge in [0.2, 0.25) is 0 Å². The Labute approximate surface area is 138 Å². The first-order chi connectivity index (χ1) is 10.6. The molecule has 0 N–H and O–H groups in total. The predicted molar refractivity (Wildman–Crippen MR) is 97.3 cm³/mol. The van der Waals surface area contributed by atoms with Gasteiger partial charge in [-0.3, -0.25) is 4.90 Å². The van der Waals surface area contributed by atoms with Crippen molar-refractivity contribution in [3.63, 3.8) is 0 Å². The molecule has 0 radical (unpaired) electrons. The second-order valence-electron chi connectivity index (χ2n) is 7.78. The van der Waals surface area contributed by atoms with Gasteiger partial charge < -0.3 is 0 Å². The Balaban J connectivity index is 2.21. The van der Waals surface area contributed by atoms with E-state index in [1.165, 1.54) is 57.1 Å². The molecule has 1 heterocycles. The van der Waals surface area contributed by atoms with Gasteiger partial charge in [-0.2, -0.15) is 0 Å². The van der Waals surface area contributed by atoms with E-state index in [9.17, 15) is 0 Å². The molecular weight excluding hydrogens is 266 g/mol. The third-order valence-electron chi connectivity index (χ3n) is 4.91. The van der Waals surface area contributed by atoms with Crippen molar-refractivity contribution in [3.05, 3.63) is 34.9 Å². The number of aryl methyl sites for hydroxylation is 1. The summed E-state index contributed by atoms with van der Waals surface area (Å²) in [6, 6.07) is 7.94. The molecule has 0 amide bonds. The van der Waals surface area contributed by atoms with Gasteiger partial charge in [0.25, 0.3) is 0 Å². The molecule has 22 heavy (non-hydrogen) atoms. The van der Waals surface area contributed by atoms with Crippen LogP contribution in [0.4, 0.5) is 0 Å². The van der Waals surface area contributed by atoms with E-state index in [-0.39, 0.29) is 0 Å². The standard InChI is InChI=1S/C21H35N/c1-17(2)14-19-11-12-21-16-22(18(3)4)13-9-7-5-6-8-10-20(21)15-19/h11-12,15,17-18H,5-10,13-14,16H2,1-4H3. The third kappa shape index (κ3) is 5.43. The summed E-state index contributed by atoms with van der Waals surface area (Å²) < 4.78 is 0. The van der Waals surface area contributed by atoms with Crippen LogP contribution in [-0.4, -0.2) is 17.5 Å². The van der Waals surface area contributed by atoms with Crippen LogP contribution in [0.5, 0.6) is 0 Å². The number of hydrogen-bond acceptors (Lipinski definition) is 1. The smallest absolute Gasteiger partial charge is 0.0239 e. The SMILES string of the molecule is CC(C)Cc1ccc2c(c1)CCCCCCCN(C(C)C)C2. The average molecular weight is 302 g/mol. The molecule has 0 spiro atoms. The van der Waals surface area contributed by atoms with Crippen LogP contribution in [0, 0.1) is 5.92 Å². The number of rotatable bonds is 3. The molecule has 1 aromatic carbocycles. The highest BCUT2D eigenvalue weighted by atomic mass is 15.1. The van der Waals surface area contributed by atoms with Gasteiger partial charge in [0.05, 0.1) is 0 Å². The zero-order chi connectivity index (χ0) is 15.9. The van der Waals surface area contributed by atoms with Crippen molar-refractivity contribution in [2.75, 3.05) is 6.54 Å². The van der Waals surface area contributed by atoms with Gasteiger partial charge in [-0.25, -0.2) is 0 Å². The first kappa shape index (κ1) is 17.5. The molecule has 1 aliphatic rings. The second kappa shape index (κ2) is 8.72. The summed E-state index contributed by atoms with van der Waals surface area (Å²) in [6.45, 7) is 11.7. The topological polar surface area (TPSA) is 3.24 Å². The maximum atomic E-state index is 2.66. The molecule has 1 heteroatoms. The summed E-state index contributed by atoms with van der Waals surface area (Å²) in [4.78, 5) is 2.66. The Morgan fingerprint density at radius 2 is 1.64 bits per heavy atom. The molecule has 1 nitrogen and oxygen atoms in total. The van der Waals surface area contributed by atoms with Crippen molar-refractivity contribution < 1.29 is 0 Å². The first-order valence-corrected chi connectivity index (χ1v) is 9.41. The molecule has 0 atom stereocenters. The monoisotopic (exact) mass is 301 g/mol. The Kier molecular flexibility index (Phi) is 6.95. The normalized spacial score (nSPS) is 18.3. The van der Waals surface area contributed by atoms with E-state index in [4.69, 9.17) is 0 Å². The summed E-state index contributed by atoms with van der Waals surface area (Å²) in [5.74, 6) is 0.743. The number of nitrogens with zero attached hydrogens (tertiary/aromatic N) is 1. The predicted octanol–water partition coefficient (Wildman–Crippen LogP) is 5.60. The van der Waals surface area contributed by atoms with Crippen molar-refractivity contribution in [3.8, 4) is 0 Å². The molecule has 0 bridgehead atoms. The lowest BCUT2D eigenvalue weighted by molar-refractivity contribution is 0.208. The van der Waals surface area contributed by atoms with Gasteiger partial charge in [0.1, 0.15) is 0 Å². The van der Waals surface area contributed by atoms with Crippen LogP contribution in [0.15, 0.2) is 18.2 Å². The fourth-order valence-electron chi connectivity index (χ4n) is 3.56. The number of fused-ring (bicyclic) bond motifs is 1. The number of hydrogen-bond donors (Lipinski definition) is 0. The van der Waals surface area contributed by atoms with Crippen molar-refractivity contribution in [1.82, 2.24) is 4.90 Å². The van der Waals surface area contributed by atoms with Gasteiger partial charge in [0.15, 0.2) is 0 Å². The van der Waals surface area contributed by atoms with Gasteiger partial charge in [0, 0.05) is 12.6 Å². The molecule has 0 aromatic heterocycles.